The first-order valence-corrected chi connectivity index (χ1v) is 8.37. The fourth-order valence-electron chi connectivity index (χ4n) is 2.66. The SMILES string of the molecule is CCc1ccc(C(CNC(=O)c2ccc(CN)cc2)N(C)C)cc1.Cl. The van der Waals surface area contributed by atoms with Gasteiger partial charge in [0.2, 0.25) is 0 Å². The van der Waals surface area contributed by atoms with Crippen LogP contribution in [0.25, 0.3) is 0 Å². The molecule has 0 aromatic heterocycles. The molecule has 0 fully saturated rings. The van der Waals surface area contributed by atoms with Gasteiger partial charge in [-0.2, -0.15) is 0 Å². The van der Waals surface area contributed by atoms with E-state index in [1.807, 2.05) is 38.4 Å². The molecule has 25 heavy (non-hydrogen) atoms. The van der Waals surface area contributed by atoms with E-state index in [-0.39, 0.29) is 24.4 Å². The van der Waals surface area contributed by atoms with Crippen molar-refractivity contribution in [1.29, 1.82) is 0 Å². The molecule has 2 aromatic rings. The van der Waals surface area contributed by atoms with E-state index >= 15 is 0 Å². The number of benzene rings is 2. The van der Waals surface area contributed by atoms with E-state index in [1.165, 1.54) is 11.1 Å². The number of nitrogens with zero attached hydrogens (tertiary/aromatic N) is 1. The first-order chi connectivity index (χ1) is 11.5. The van der Waals surface area contributed by atoms with Gasteiger partial charge in [-0.3, -0.25) is 4.79 Å². The van der Waals surface area contributed by atoms with Gasteiger partial charge in [0.15, 0.2) is 0 Å². The van der Waals surface area contributed by atoms with E-state index in [0.717, 1.165) is 12.0 Å². The molecule has 1 amide bonds. The lowest BCUT2D eigenvalue weighted by Crippen LogP contribution is -2.34. The smallest absolute Gasteiger partial charge is 0.251 e. The average Bonchev–Trinajstić information content (AvgIpc) is 2.62. The summed E-state index contributed by atoms with van der Waals surface area (Å²) in [5.41, 5.74) is 9.79. The van der Waals surface area contributed by atoms with Crippen LogP contribution in [0.4, 0.5) is 0 Å². The fourth-order valence-corrected chi connectivity index (χ4v) is 2.66. The first-order valence-electron chi connectivity index (χ1n) is 8.37. The first kappa shape index (κ1) is 21.2. The van der Waals surface area contributed by atoms with Gasteiger partial charge in [-0.25, -0.2) is 0 Å². The predicted octanol–water partition coefficient (Wildman–Crippen LogP) is 3.16. The second-order valence-corrected chi connectivity index (χ2v) is 6.19. The highest BCUT2D eigenvalue weighted by Gasteiger charge is 2.16. The van der Waals surface area contributed by atoms with Crippen LogP contribution in [0.2, 0.25) is 0 Å². The van der Waals surface area contributed by atoms with Gasteiger partial charge in [0.1, 0.15) is 0 Å². The highest BCUT2D eigenvalue weighted by molar-refractivity contribution is 5.94. The van der Waals surface area contributed by atoms with E-state index in [4.69, 9.17) is 5.73 Å². The van der Waals surface area contributed by atoms with E-state index in [1.54, 1.807) is 0 Å². The molecule has 0 aliphatic rings. The summed E-state index contributed by atoms with van der Waals surface area (Å²) in [7, 11) is 4.06. The molecule has 0 bridgehead atoms. The number of hydrogen-bond acceptors (Lipinski definition) is 3. The van der Waals surface area contributed by atoms with Gasteiger partial charge in [-0.1, -0.05) is 43.3 Å². The molecule has 5 heteroatoms. The summed E-state index contributed by atoms with van der Waals surface area (Å²) in [6.07, 6.45) is 1.03. The molecule has 2 aromatic carbocycles. The molecular weight excluding hydrogens is 334 g/mol. The van der Waals surface area contributed by atoms with Crippen LogP contribution in [0.5, 0.6) is 0 Å². The molecule has 0 saturated heterocycles. The molecule has 1 atom stereocenters. The third-order valence-electron chi connectivity index (χ3n) is 4.30. The predicted molar refractivity (Wildman–Crippen MR) is 106 cm³/mol. The van der Waals surface area contributed by atoms with E-state index in [0.29, 0.717) is 18.7 Å². The standard InChI is InChI=1S/C20H27N3O.ClH/c1-4-15-5-9-17(10-6-15)19(23(2)3)14-22-20(24)18-11-7-16(13-21)8-12-18;/h5-12,19H,4,13-14,21H2,1-3H3,(H,22,24);1H. The molecular formula is C20H28ClN3O. The fraction of sp³-hybridized carbons (Fsp3) is 0.350. The van der Waals surface area contributed by atoms with Gasteiger partial charge in [0.25, 0.3) is 5.91 Å². The van der Waals surface area contributed by atoms with Gasteiger partial charge in [0, 0.05) is 18.7 Å². The Hall–Kier alpha value is -1.88. The second-order valence-electron chi connectivity index (χ2n) is 6.19. The zero-order valence-corrected chi connectivity index (χ0v) is 16.0. The van der Waals surface area contributed by atoms with Crippen LogP contribution in [0.3, 0.4) is 0 Å². The lowest BCUT2D eigenvalue weighted by atomic mass is 10.0. The summed E-state index contributed by atoms with van der Waals surface area (Å²) >= 11 is 0. The number of nitrogens with two attached hydrogens (primary N) is 1. The number of amides is 1. The number of halogens is 1. The molecule has 0 aliphatic carbocycles. The van der Waals surface area contributed by atoms with Gasteiger partial charge in [-0.15, -0.1) is 12.4 Å². The van der Waals surface area contributed by atoms with Crippen LogP contribution in [0.15, 0.2) is 48.5 Å². The zero-order valence-electron chi connectivity index (χ0n) is 15.2. The number of carbonyl (C=O) groups is 1. The van der Waals surface area contributed by atoms with Gasteiger partial charge in [0.05, 0.1) is 6.04 Å². The Balaban J connectivity index is 0.00000312. The number of likely N-dealkylation sites (N-methyl/N-ethyl adjacent to an activating group) is 1. The molecule has 1 unspecified atom stereocenters. The Morgan fingerprint density at radius 1 is 1.04 bits per heavy atom. The highest BCUT2D eigenvalue weighted by atomic mass is 35.5. The van der Waals surface area contributed by atoms with Crippen molar-refractivity contribution in [3.05, 3.63) is 70.8 Å². The van der Waals surface area contributed by atoms with Gasteiger partial charge >= 0.3 is 0 Å². The van der Waals surface area contributed by atoms with Crippen molar-refractivity contribution < 1.29 is 4.79 Å². The van der Waals surface area contributed by atoms with Crippen LogP contribution >= 0.6 is 12.4 Å². The molecule has 0 radical (unpaired) electrons. The molecule has 136 valence electrons. The quantitative estimate of drug-likeness (QED) is 0.796. The van der Waals surface area contributed by atoms with Gasteiger partial charge < -0.3 is 16.0 Å². The minimum absolute atomic E-state index is 0. The van der Waals surface area contributed by atoms with Crippen LogP contribution in [-0.4, -0.2) is 31.4 Å². The Morgan fingerprint density at radius 2 is 1.60 bits per heavy atom. The zero-order chi connectivity index (χ0) is 17.5. The van der Waals surface area contributed by atoms with E-state index < -0.39 is 0 Å². The van der Waals surface area contributed by atoms with Crippen molar-refractivity contribution in [1.82, 2.24) is 10.2 Å². The molecule has 0 spiro atoms. The summed E-state index contributed by atoms with van der Waals surface area (Å²) in [6.45, 7) is 3.20. The molecule has 0 aliphatic heterocycles. The minimum Gasteiger partial charge on any atom is -0.350 e. The Labute approximate surface area is 156 Å². The summed E-state index contributed by atoms with van der Waals surface area (Å²) in [5.74, 6) is -0.0596. The number of hydrogen-bond donors (Lipinski definition) is 2. The average molecular weight is 362 g/mol. The van der Waals surface area contributed by atoms with Crippen molar-refractivity contribution >= 4 is 18.3 Å². The normalized spacial score (nSPS) is 11.7. The van der Waals surface area contributed by atoms with Crippen LogP contribution in [0.1, 0.15) is 40.0 Å². The third-order valence-corrected chi connectivity index (χ3v) is 4.30. The minimum atomic E-state index is -0.0596. The molecule has 3 N–H and O–H groups in total. The second kappa shape index (κ2) is 10.2. The summed E-state index contributed by atoms with van der Waals surface area (Å²) in [5, 5.41) is 3.03. The van der Waals surface area contributed by atoms with Crippen molar-refractivity contribution in [2.75, 3.05) is 20.6 Å². The molecule has 2 rings (SSSR count). The number of nitrogens with one attached hydrogen (secondary N) is 1. The Bertz CT molecular complexity index is 654. The molecule has 4 nitrogen and oxygen atoms in total. The highest BCUT2D eigenvalue weighted by Crippen LogP contribution is 2.18. The molecule has 0 heterocycles. The van der Waals surface area contributed by atoms with Crippen molar-refractivity contribution in [2.45, 2.75) is 25.9 Å². The monoisotopic (exact) mass is 361 g/mol. The summed E-state index contributed by atoms with van der Waals surface area (Å²) in [6, 6.07) is 16.2. The lowest BCUT2D eigenvalue weighted by Gasteiger charge is -2.25. The number of carbonyl (C=O) groups excluding carboxylic acids is 1. The van der Waals surface area contributed by atoms with E-state index in [9.17, 15) is 4.79 Å². The Kier molecular flexibility index (Phi) is 8.62. The maximum Gasteiger partial charge on any atom is 0.251 e. The number of aryl methyl sites for hydroxylation is 1. The third kappa shape index (κ3) is 5.85. The number of rotatable bonds is 7. The maximum absolute atomic E-state index is 12.3. The lowest BCUT2D eigenvalue weighted by molar-refractivity contribution is 0.0942. The topological polar surface area (TPSA) is 58.4 Å². The summed E-state index contributed by atoms with van der Waals surface area (Å²) < 4.78 is 0. The largest absolute Gasteiger partial charge is 0.350 e. The van der Waals surface area contributed by atoms with Crippen molar-refractivity contribution in [3.63, 3.8) is 0 Å². The van der Waals surface area contributed by atoms with Crippen LogP contribution in [-0.2, 0) is 13.0 Å². The van der Waals surface area contributed by atoms with Crippen LogP contribution in [0, 0.1) is 0 Å². The Morgan fingerprint density at radius 3 is 2.08 bits per heavy atom. The van der Waals surface area contributed by atoms with Gasteiger partial charge in [-0.05, 0) is 49.3 Å². The summed E-state index contributed by atoms with van der Waals surface area (Å²) in [4.78, 5) is 14.5. The van der Waals surface area contributed by atoms with Crippen molar-refractivity contribution in [3.8, 4) is 0 Å². The van der Waals surface area contributed by atoms with Crippen molar-refractivity contribution in [2.24, 2.45) is 5.73 Å². The van der Waals surface area contributed by atoms with E-state index in [2.05, 4.69) is 41.4 Å². The maximum atomic E-state index is 12.3. The van der Waals surface area contributed by atoms with Crippen LogP contribution < -0.4 is 11.1 Å². The molecule has 0 saturated carbocycles.